The predicted octanol–water partition coefficient (Wildman–Crippen LogP) is 1.86. The highest BCUT2D eigenvalue weighted by molar-refractivity contribution is 4.85. The van der Waals surface area contributed by atoms with Gasteiger partial charge in [0, 0.05) is 25.1 Å². The van der Waals surface area contributed by atoms with Crippen LogP contribution in [0.1, 0.15) is 39.0 Å². The van der Waals surface area contributed by atoms with Crippen molar-refractivity contribution in [2.45, 2.75) is 45.1 Å². The van der Waals surface area contributed by atoms with Crippen LogP contribution in [-0.2, 0) is 4.74 Å². The van der Waals surface area contributed by atoms with E-state index in [0.29, 0.717) is 12.0 Å². The molecule has 0 radical (unpaired) electrons. The Bertz CT molecular complexity index is 208. The monoisotopic (exact) mass is 240 g/mol. The van der Waals surface area contributed by atoms with Crippen molar-refractivity contribution < 1.29 is 4.74 Å². The van der Waals surface area contributed by atoms with Crippen molar-refractivity contribution in [3.05, 3.63) is 0 Å². The molecular weight excluding hydrogens is 212 g/mol. The van der Waals surface area contributed by atoms with Crippen LogP contribution in [0, 0.1) is 11.8 Å². The number of hydrogen-bond donors (Lipinski definition) is 1. The molecule has 2 heterocycles. The maximum Gasteiger partial charge on any atom is 0.0510 e. The Morgan fingerprint density at radius 2 is 2.06 bits per heavy atom. The zero-order chi connectivity index (χ0) is 12.1. The number of hydrogen-bond acceptors (Lipinski definition) is 3. The molecule has 2 rings (SSSR count). The minimum atomic E-state index is 0.570. The summed E-state index contributed by atoms with van der Waals surface area (Å²) in [5.41, 5.74) is 5.98. The number of nitrogens with two attached hydrogens (primary N) is 1. The number of piperidine rings is 1. The summed E-state index contributed by atoms with van der Waals surface area (Å²) in [5, 5.41) is 0. The normalized spacial score (nSPS) is 29.6. The molecule has 0 aromatic rings. The van der Waals surface area contributed by atoms with Gasteiger partial charge in [-0.15, -0.1) is 0 Å². The van der Waals surface area contributed by atoms with Crippen LogP contribution in [0.4, 0.5) is 0 Å². The summed E-state index contributed by atoms with van der Waals surface area (Å²) in [6, 6.07) is 0.570. The molecule has 2 aliphatic heterocycles. The number of ether oxygens (including phenoxy) is 1. The Hall–Kier alpha value is -0.120. The molecule has 0 amide bonds. The van der Waals surface area contributed by atoms with Gasteiger partial charge in [0.2, 0.25) is 0 Å². The summed E-state index contributed by atoms with van der Waals surface area (Å²) in [6.07, 6.45) is 6.70. The number of rotatable bonds is 5. The van der Waals surface area contributed by atoms with E-state index in [4.69, 9.17) is 10.5 Å². The zero-order valence-corrected chi connectivity index (χ0v) is 11.2. The number of likely N-dealkylation sites (tertiary alicyclic amines) is 1. The maximum absolute atomic E-state index is 5.98. The molecule has 0 aromatic carbocycles. The summed E-state index contributed by atoms with van der Waals surface area (Å²) < 4.78 is 5.51. The molecule has 0 aromatic heterocycles. The Balaban J connectivity index is 1.81. The van der Waals surface area contributed by atoms with Gasteiger partial charge in [0.25, 0.3) is 0 Å². The van der Waals surface area contributed by atoms with Crippen molar-refractivity contribution in [1.29, 1.82) is 0 Å². The second kappa shape index (κ2) is 6.72. The van der Waals surface area contributed by atoms with Crippen molar-refractivity contribution in [3.63, 3.8) is 0 Å². The first-order valence-electron chi connectivity index (χ1n) is 7.37. The Morgan fingerprint density at radius 1 is 1.29 bits per heavy atom. The smallest absolute Gasteiger partial charge is 0.0510 e. The van der Waals surface area contributed by atoms with E-state index < -0.39 is 0 Å². The molecule has 0 spiro atoms. The van der Waals surface area contributed by atoms with Crippen molar-refractivity contribution >= 4 is 0 Å². The van der Waals surface area contributed by atoms with Gasteiger partial charge in [0.05, 0.1) is 6.61 Å². The minimum Gasteiger partial charge on any atom is -0.381 e. The summed E-state index contributed by atoms with van der Waals surface area (Å²) in [4.78, 5) is 2.63. The topological polar surface area (TPSA) is 38.5 Å². The van der Waals surface area contributed by atoms with Gasteiger partial charge in [-0.1, -0.05) is 19.8 Å². The SMILES string of the molecule is CCCC1CCN(C(CN)C2CCOC2)CC1. The van der Waals surface area contributed by atoms with Crippen LogP contribution >= 0.6 is 0 Å². The second-order valence-corrected chi connectivity index (χ2v) is 5.69. The van der Waals surface area contributed by atoms with Gasteiger partial charge in [-0.05, 0) is 38.3 Å². The largest absolute Gasteiger partial charge is 0.381 e. The second-order valence-electron chi connectivity index (χ2n) is 5.69. The first kappa shape index (κ1) is 13.3. The highest BCUT2D eigenvalue weighted by atomic mass is 16.5. The van der Waals surface area contributed by atoms with Crippen LogP contribution in [-0.4, -0.2) is 43.8 Å². The Morgan fingerprint density at radius 3 is 2.59 bits per heavy atom. The van der Waals surface area contributed by atoms with E-state index in [1.807, 2.05) is 0 Å². The van der Waals surface area contributed by atoms with Gasteiger partial charge in [0.1, 0.15) is 0 Å². The minimum absolute atomic E-state index is 0.570. The third-order valence-electron chi connectivity index (χ3n) is 4.57. The number of nitrogens with zero attached hydrogens (tertiary/aromatic N) is 1. The molecular formula is C14H28N2O. The molecule has 0 bridgehead atoms. The average Bonchev–Trinajstić information content (AvgIpc) is 2.86. The summed E-state index contributed by atoms with van der Waals surface area (Å²) in [5.74, 6) is 1.65. The molecule has 2 atom stereocenters. The molecule has 0 aliphatic carbocycles. The van der Waals surface area contributed by atoms with Crippen LogP contribution in [0.2, 0.25) is 0 Å². The average molecular weight is 240 g/mol. The lowest BCUT2D eigenvalue weighted by molar-refractivity contribution is 0.0864. The van der Waals surface area contributed by atoms with E-state index in [1.54, 1.807) is 0 Å². The van der Waals surface area contributed by atoms with Crippen LogP contribution < -0.4 is 5.73 Å². The maximum atomic E-state index is 5.98. The molecule has 3 heteroatoms. The van der Waals surface area contributed by atoms with E-state index in [0.717, 1.165) is 25.7 Å². The molecule has 2 aliphatic rings. The molecule has 0 saturated carbocycles. The van der Waals surface area contributed by atoms with Gasteiger partial charge in [-0.3, -0.25) is 4.90 Å². The van der Waals surface area contributed by atoms with Gasteiger partial charge in [0.15, 0.2) is 0 Å². The predicted molar refractivity (Wildman–Crippen MR) is 71.0 cm³/mol. The van der Waals surface area contributed by atoms with E-state index >= 15 is 0 Å². The lowest BCUT2D eigenvalue weighted by Gasteiger charge is -2.39. The van der Waals surface area contributed by atoms with Crippen molar-refractivity contribution in [1.82, 2.24) is 4.90 Å². The van der Waals surface area contributed by atoms with Gasteiger partial charge < -0.3 is 10.5 Å². The van der Waals surface area contributed by atoms with E-state index in [1.165, 1.54) is 45.2 Å². The molecule has 2 saturated heterocycles. The third-order valence-corrected chi connectivity index (χ3v) is 4.57. The van der Waals surface area contributed by atoms with Crippen molar-refractivity contribution in [3.8, 4) is 0 Å². The van der Waals surface area contributed by atoms with Crippen LogP contribution in [0.3, 0.4) is 0 Å². The van der Waals surface area contributed by atoms with E-state index in [-0.39, 0.29) is 0 Å². The van der Waals surface area contributed by atoms with Crippen LogP contribution in [0.15, 0.2) is 0 Å². The zero-order valence-electron chi connectivity index (χ0n) is 11.2. The molecule has 17 heavy (non-hydrogen) atoms. The fourth-order valence-corrected chi connectivity index (χ4v) is 3.48. The van der Waals surface area contributed by atoms with Crippen molar-refractivity contribution in [2.24, 2.45) is 17.6 Å². The lowest BCUT2D eigenvalue weighted by Crippen LogP contribution is -2.49. The first-order chi connectivity index (χ1) is 8.35. The summed E-state index contributed by atoms with van der Waals surface area (Å²) >= 11 is 0. The van der Waals surface area contributed by atoms with Crippen molar-refractivity contribution in [2.75, 3.05) is 32.8 Å². The quantitative estimate of drug-likeness (QED) is 0.797. The molecule has 2 unspecified atom stereocenters. The molecule has 2 fully saturated rings. The van der Waals surface area contributed by atoms with Crippen LogP contribution in [0.25, 0.3) is 0 Å². The standard InChI is InChI=1S/C14H28N2O/c1-2-3-12-4-7-16(8-5-12)14(10-15)13-6-9-17-11-13/h12-14H,2-11,15H2,1H3. The van der Waals surface area contributed by atoms with Gasteiger partial charge in [-0.2, -0.15) is 0 Å². The lowest BCUT2D eigenvalue weighted by atomic mass is 9.89. The highest BCUT2D eigenvalue weighted by Crippen LogP contribution is 2.27. The van der Waals surface area contributed by atoms with E-state index in [2.05, 4.69) is 11.8 Å². The Kier molecular flexibility index (Phi) is 5.26. The summed E-state index contributed by atoms with van der Waals surface area (Å²) in [6.45, 7) is 7.47. The van der Waals surface area contributed by atoms with Gasteiger partial charge in [-0.25, -0.2) is 0 Å². The fourth-order valence-electron chi connectivity index (χ4n) is 3.48. The Labute approximate surface area is 106 Å². The van der Waals surface area contributed by atoms with E-state index in [9.17, 15) is 0 Å². The molecule has 100 valence electrons. The van der Waals surface area contributed by atoms with Gasteiger partial charge >= 0.3 is 0 Å². The molecule has 3 nitrogen and oxygen atoms in total. The summed E-state index contributed by atoms with van der Waals surface area (Å²) in [7, 11) is 0. The first-order valence-corrected chi connectivity index (χ1v) is 7.37. The third kappa shape index (κ3) is 3.43. The highest BCUT2D eigenvalue weighted by Gasteiger charge is 2.31. The van der Waals surface area contributed by atoms with Crippen LogP contribution in [0.5, 0.6) is 0 Å². The fraction of sp³-hybridized carbons (Fsp3) is 1.00. The molecule has 2 N–H and O–H groups in total.